The predicted molar refractivity (Wildman–Crippen MR) is 115 cm³/mol. The number of aryl methyl sites for hydroxylation is 2. The summed E-state index contributed by atoms with van der Waals surface area (Å²) in [6, 6.07) is 16.3. The topological polar surface area (TPSA) is 57.6 Å². The number of thiophene rings is 1. The SMILES string of the molecule is Cc1ccsc1C1C(C(=O)CCc2ccccc2)=C(O)C(=O)N1c1ccc(F)cc1. The third-order valence-corrected chi connectivity index (χ3v) is 6.32. The molecular weight excluding hydrogens is 401 g/mol. The molecule has 0 spiro atoms. The highest BCUT2D eigenvalue weighted by atomic mass is 32.1. The second kappa shape index (κ2) is 8.24. The summed E-state index contributed by atoms with van der Waals surface area (Å²) in [5, 5.41) is 12.6. The number of amides is 1. The minimum atomic E-state index is -0.730. The summed E-state index contributed by atoms with van der Waals surface area (Å²) >= 11 is 1.42. The van der Waals surface area contributed by atoms with Crippen LogP contribution in [0.5, 0.6) is 0 Å². The highest BCUT2D eigenvalue weighted by Crippen LogP contribution is 2.44. The summed E-state index contributed by atoms with van der Waals surface area (Å²) in [7, 11) is 0. The zero-order chi connectivity index (χ0) is 21.3. The Morgan fingerprint density at radius 2 is 1.80 bits per heavy atom. The molecule has 6 heteroatoms. The van der Waals surface area contributed by atoms with Crippen molar-refractivity contribution >= 4 is 28.7 Å². The van der Waals surface area contributed by atoms with Gasteiger partial charge in [0.1, 0.15) is 11.9 Å². The van der Waals surface area contributed by atoms with Crippen LogP contribution in [-0.4, -0.2) is 16.8 Å². The number of Topliss-reactive ketones (excluding diaryl/α,β-unsaturated/α-hetero) is 1. The Bertz CT molecular complexity index is 1120. The Kier molecular flexibility index (Phi) is 5.50. The van der Waals surface area contributed by atoms with Gasteiger partial charge < -0.3 is 5.11 Å². The number of benzene rings is 2. The lowest BCUT2D eigenvalue weighted by Gasteiger charge is -2.26. The Hall–Kier alpha value is -3.25. The predicted octanol–water partition coefficient (Wildman–Crippen LogP) is 5.30. The molecule has 1 amide bonds. The number of aliphatic hydroxyl groups excluding tert-OH is 1. The van der Waals surface area contributed by atoms with Gasteiger partial charge in [-0.05, 0) is 60.2 Å². The fourth-order valence-electron chi connectivity index (χ4n) is 3.71. The van der Waals surface area contributed by atoms with Crippen molar-refractivity contribution in [2.75, 3.05) is 4.90 Å². The largest absolute Gasteiger partial charge is 0.503 e. The van der Waals surface area contributed by atoms with Crippen LogP contribution in [0.25, 0.3) is 0 Å². The maximum atomic E-state index is 13.4. The molecule has 1 atom stereocenters. The molecule has 1 aliphatic heterocycles. The molecule has 1 unspecified atom stereocenters. The van der Waals surface area contributed by atoms with Gasteiger partial charge in [-0.3, -0.25) is 14.5 Å². The molecule has 4 nitrogen and oxygen atoms in total. The van der Waals surface area contributed by atoms with Gasteiger partial charge >= 0.3 is 0 Å². The van der Waals surface area contributed by atoms with Crippen LogP contribution in [0.15, 0.2) is 77.4 Å². The van der Waals surface area contributed by atoms with Gasteiger partial charge in [-0.1, -0.05) is 30.3 Å². The van der Waals surface area contributed by atoms with E-state index >= 15 is 0 Å². The Balaban J connectivity index is 1.71. The highest BCUT2D eigenvalue weighted by molar-refractivity contribution is 7.10. The zero-order valence-corrected chi connectivity index (χ0v) is 17.2. The number of hydrogen-bond acceptors (Lipinski definition) is 4. The van der Waals surface area contributed by atoms with E-state index in [1.54, 1.807) is 0 Å². The number of hydrogen-bond donors (Lipinski definition) is 1. The molecule has 1 aliphatic rings. The first-order valence-corrected chi connectivity index (χ1v) is 10.5. The first-order chi connectivity index (χ1) is 14.5. The third-order valence-electron chi connectivity index (χ3n) is 5.25. The maximum absolute atomic E-state index is 13.4. The molecule has 30 heavy (non-hydrogen) atoms. The van der Waals surface area contributed by atoms with Crippen molar-refractivity contribution in [3.63, 3.8) is 0 Å². The van der Waals surface area contributed by atoms with Gasteiger partial charge in [-0.15, -0.1) is 11.3 Å². The van der Waals surface area contributed by atoms with E-state index < -0.39 is 23.5 Å². The molecule has 0 radical (unpaired) electrons. The molecule has 0 bridgehead atoms. The summed E-state index contributed by atoms with van der Waals surface area (Å²) in [5.41, 5.74) is 2.46. The van der Waals surface area contributed by atoms with Crippen LogP contribution in [0.1, 0.15) is 28.5 Å². The van der Waals surface area contributed by atoms with E-state index in [0.29, 0.717) is 12.1 Å². The summed E-state index contributed by atoms with van der Waals surface area (Å²) in [4.78, 5) is 28.3. The second-order valence-corrected chi connectivity index (χ2v) is 8.14. The van der Waals surface area contributed by atoms with E-state index in [0.717, 1.165) is 16.0 Å². The van der Waals surface area contributed by atoms with E-state index in [9.17, 15) is 19.1 Å². The maximum Gasteiger partial charge on any atom is 0.294 e. The van der Waals surface area contributed by atoms with Crippen LogP contribution < -0.4 is 4.90 Å². The number of anilines is 1. The average Bonchev–Trinajstić information content (AvgIpc) is 3.28. The third kappa shape index (κ3) is 3.66. The molecule has 152 valence electrons. The number of halogens is 1. The zero-order valence-electron chi connectivity index (χ0n) is 16.3. The van der Waals surface area contributed by atoms with Gasteiger partial charge in [0.25, 0.3) is 5.91 Å². The number of nitrogens with zero attached hydrogens (tertiary/aromatic N) is 1. The summed E-state index contributed by atoms with van der Waals surface area (Å²) in [6.07, 6.45) is 0.687. The van der Waals surface area contributed by atoms with E-state index in [1.807, 2.05) is 48.7 Å². The molecule has 2 aromatic carbocycles. The molecule has 4 rings (SSSR count). The van der Waals surface area contributed by atoms with Crippen molar-refractivity contribution in [1.82, 2.24) is 0 Å². The number of carbonyl (C=O) groups excluding carboxylic acids is 2. The number of rotatable bonds is 6. The highest BCUT2D eigenvalue weighted by Gasteiger charge is 2.45. The average molecular weight is 421 g/mol. The molecule has 2 heterocycles. The fraction of sp³-hybridized carbons (Fsp3) is 0.167. The number of carbonyl (C=O) groups is 2. The monoisotopic (exact) mass is 421 g/mol. The summed E-state index contributed by atoms with van der Waals surface area (Å²) in [6.45, 7) is 1.90. The Labute approximate surface area is 177 Å². The van der Waals surface area contributed by atoms with E-state index in [1.165, 1.54) is 40.5 Å². The minimum absolute atomic E-state index is 0.103. The molecule has 0 fully saturated rings. The molecule has 0 saturated heterocycles. The molecular formula is C24H20FNO3S. The smallest absolute Gasteiger partial charge is 0.294 e. The second-order valence-electron chi connectivity index (χ2n) is 7.19. The first kappa shape index (κ1) is 20.0. The van der Waals surface area contributed by atoms with E-state index in [2.05, 4.69) is 0 Å². The van der Waals surface area contributed by atoms with Gasteiger partial charge in [-0.2, -0.15) is 0 Å². The van der Waals surface area contributed by atoms with Gasteiger partial charge in [0.2, 0.25) is 0 Å². The van der Waals surface area contributed by atoms with Crippen molar-refractivity contribution in [1.29, 1.82) is 0 Å². The Morgan fingerprint density at radius 3 is 2.43 bits per heavy atom. The lowest BCUT2D eigenvalue weighted by molar-refractivity contribution is -0.118. The lowest BCUT2D eigenvalue weighted by atomic mass is 9.95. The minimum Gasteiger partial charge on any atom is -0.503 e. The van der Waals surface area contributed by atoms with Crippen molar-refractivity contribution in [2.45, 2.75) is 25.8 Å². The number of aliphatic hydroxyl groups is 1. The van der Waals surface area contributed by atoms with Crippen molar-refractivity contribution < 1.29 is 19.1 Å². The van der Waals surface area contributed by atoms with Gasteiger partial charge in [-0.25, -0.2) is 4.39 Å². The molecule has 0 aliphatic carbocycles. The van der Waals surface area contributed by atoms with Gasteiger partial charge in [0.05, 0.1) is 5.57 Å². The van der Waals surface area contributed by atoms with Crippen LogP contribution in [0.2, 0.25) is 0 Å². The summed E-state index contributed by atoms with van der Waals surface area (Å²) < 4.78 is 13.4. The van der Waals surface area contributed by atoms with Crippen molar-refractivity contribution in [2.24, 2.45) is 0 Å². The fourth-order valence-corrected chi connectivity index (χ4v) is 4.73. The quantitative estimate of drug-likeness (QED) is 0.588. The molecule has 3 aromatic rings. The lowest BCUT2D eigenvalue weighted by Crippen LogP contribution is -2.31. The first-order valence-electron chi connectivity index (χ1n) is 9.60. The Morgan fingerprint density at radius 1 is 1.10 bits per heavy atom. The van der Waals surface area contributed by atoms with Crippen LogP contribution in [0.4, 0.5) is 10.1 Å². The van der Waals surface area contributed by atoms with Crippen molar-refractivity contribution in [3.8, 4) is 0 Å². The van der Waals surface area contributed by atoms with Gasteiger partial charge in [0.15, 0.2) is 11.5 Å². The van der Waals surface area contributed by atoms with E-state index in [4.69, 9.17) is 0 Å². The normalized spacial score (nSPS) is 16.4. The van der Waals surface area contributed by atoms with E-state index in [-0.39, 0.29) is 17.8 Å². The van der Waals surface area contributed by atoms with Crippen LogP contribution in [0.3, 0.4) is 0 Å². The van der Waals surface area contributed by atoms with Gasteiger partial charge in [0, 0.05) is 17.0 Å². The summed E-state index contributed by atoms with van der Waals surface area (Å²) in [5.74, 6) is -1.88. The van der Waals surface area contributed by atoms with Crippen LogP contribution in [0, 0.1) is 12.7 Å². The molecule has 1 aromatic heterocycles. The molecule has 0 saturated carbocycles. The van der Waals surface area contributed by atoms with Crippen molar-refractivity contribution in [3.05, 3.63) is 99.2 Å². The van der Waals surface area contributed by atoms with Crippen LogP contribution >= 0.6 is 11.3 Å². The number of ketones is 1. The standard InChI is InChI=1S/C24H20FNO3S/c1-15-13-14-30-23(15)21-20(19(27)12-7-16-5-3-2-4-6-16)22(28)24(29)26(21)18-10-8-17(25)9-11-18/h2-6,8-11,13-14,21,28H,7,12H2,1H3. The van der Waals surface area contributed by atoms with Crippen LogP contribution in [-0.2, 0) is 16.0 Å². The molecule has 1 N–H and O–H groups in total.